The molecule has 1 aromatic rings. The quantitative estimate of drug-likeness (QED) is 0.653. The van der Waals surface area contributed by atoms with Crippen LogP contribution in [0, 0.1) is 0 Å². The van der Waals surface area contributed by atoms with Gasteiger partial charge in [0.1, 0.15) is 0 Å². The first-order chi connectivity index (χ1) is 8.68. The Kier molecular flexibility index (Phi) is 8.25. The number of nitrogens with zero attached hydrogens (tertiary/aromatic N) is 2. The highest BCUT2D eigenvalue weighted by Crippen LogP contribution is 2.09. The minimum absolute atomic E-state index is 1.09. The molecule has 0 spiro atoms. The second-order valence-corrected chi connectivity index (χ2v) is 6.07. The predicted octanol–water partition coefficient (Wildman–Crippen LogP) is 1.76. The molecule has 0 aliphatic heterocycles. The Balaban J connectivity index is 1.92. The van der Waals surface area contributed by atoms with Crippen molar-refractivity contribution in [1.82, 2.24) is 15.1 Å². The molecule has 0 radical (unpaired) electrons. The Morgan fingerprint density at radius 3 is 2.61 bits per heavy atom. The maximum atomic E-state index is 3.50. The van der Waals surface area contributed by atoms with Gasteiger partial charge in [0.25, 0.3) is 0 Å². The lowest BCUT2D eigenvalue weighted by Gasteiger charge is -2.16. The zero-order valence-electron chi connectivity index (χ0n) is 12.0. The monoisotopic (exact) mass is 269 g/mol. The molecular formula is C14H27N3S. The summed E-state index contributed by atoms with van der Waals surface area (Å²) in [7, 11) is 6.45. The third-order valence-corrected chi connectivity index (χ3v) is 3.89. The first kappa shape index (κ1) is 15.6. The van der Waals surface area contributed by atoms with Crippen LogP contribution in [-0.4, -0.2) is 63.7 Å². The molecule has 0 atom stereocenters. The van der Waals surface area contributed by atoms with E-state index in [-0.39, 0.29) is 0 Å². The van der Waals surface area contributed by atoms with Crippen LogP contribution >= 0.6 is 11.3 Å². The Hall–Kier alpha value is -0.420. The van der Waals surface area contributed by atoms with Gasteiger partial charge in [-0.25, -0.2) is 0 Å². The van der Waals surface area contributed by atoms with Crippen LogP contribution in [0.3, 0.4) is 0 Å². The van der Waals surface area contributed by atoms with Crippen LogP contribution in [0.15, 0.2) is 17.5 Å². The van der Waals surface area contributed by atoms with E-state index in [1.807, 2.05) is 11.3 Å². The Labute approximate surface area is 116 Å². The number of nitrogens with one attached hydrogen (secondary N) is 1. The standard InChI is InChI=1S/C14H27N3S/c1-16(2)10-5-8-15-9-12-17(3)11-7-14-6-4-13-18-14/h4,6,13,15H,5,7-12H2,1-3H3. The van der Waals surface area contributed by atoms with Crippen LogP contribution in [0.5, 0.6) is 0 Å². The third-order valence-electron chi connectivity index (χ3n) is 2.95. The zero-order chi connectivity index (χ0) is 13.2. The Morgan fingerprint density at radius 2 is 1.94 bits per heavy atom. The number of rotatable bonds is 10. The second-order valence-electron chi connectivity index (χ2n) is 5.04. The number of hydrogen-bond acceptors (Lipinski definition) is 4. The summed E-state index contributed by atoms with van der Waals surface area (Å²) in [4.78, 5) is 6.12. The summed E-state index contributed by atoms with van der Waals surface area (Å²) in [6.07, 6.45) is 2.40. The summed E-state index contributed by atoms with van der Waals surface area (Å²) >= 11 is 1.86. The molecule has 0 saturated heterocycles. The number of likely N-dealkylation sites (N-methyl/N-ethyl adjacent to an activating group) is 1. The van der Waals surface area contributed by atoms with E-state index in [2.05, 4.69) is 53.8 Å². The predicted molar refractivity (Wildman–Crippen MR) is 81.6 cm³/mol. The summed E-state index contributed by atoms with van der Waals surface area (Å²) in [6.45, 7) is 5.67. The van der Waals surface area contributed by atoms with Crippen LogP contribution in [0.2, 0.25) is 0 Å². The molecule has 0 aliphatic rings. The van der Waals surface area contributed by atoms with E-state index in [9.17, 15) is 0 Å². The molecule has 0 aromatic carbocycles. The molecule has 0 fully saturated rings. The van der Waals surface area contributed by atoms with Crippen LogP contribution < -0.4 is 5.32 Å². The van der Waals surface area contributed by atoms with Crippen molar-refractivity contribution in [2.45, 2.75) is 12.8 Å². The van der Waals surface area contributed by atoms with Crippen LogP contribution in [0.1, 0.15) is 11.3 Å². The van der Waals surface area contributed by atoms with Crippen molar-refractivity contribution in [3.05, 3.63) is 22.4 Å². The summed E-state index contributed by atoms with van der Waals surface area (Å²) in [5.74, 6) is 0. The first-order valence-electron chi connectivity index (χ1n) is 6.75. The van der Waals surface area contributed by atoms with Crippen molar-refractivity contribution in [3.63, 3.8) is 0 Å². The van der Waals surface area contributed by atoms with Crippen LogP contribution in [-0.2, 0) is 6.42 Å². The third kappa shape index (κ3) is 7.82. The second kappa shape index (κ2) is 9.50. The first-order valence-corrected chi connectivity index (χ1v) is 7.63. The van der Waals surface area contributed by atoms with E-state index in [0.29, 0.717) is 0 Å². The smallest absolute Gasteiger partial charge is 0.0104 e. The summed E-state index contributed by atoms with van der Waals surface area (Å²) < 4.78 is 0. The molecule has 1 rings (SSSR count). The van der Waals surface area contributed by atoms with Gasteiger partial charge in [0.2, 0.25) is 0 Å². The van der Waals surface area contributed by atoms with Crippen molar-refractivity contribution < 1.29 is 0 Å². The largest absolute Gasteiger partial charge is 0.315 e. The molecule has 0 unspecified atom stereocenters. The minimum atomic E-state index is 1.09. The fourth-order valence-electron chi connectivity index (χ4n) is 1.78. The lowest BCUT2D eigenvalue weighted by atomic mass is 10.3. The number of thiophene rings is 1. The van der Waals surface area contributed by atoms with Gasteiger partial charge in [-0.3, -0.25) is 0 Å². The van der Waals surface area contributed by atoms with Crippen molar-refractivity contribution in [2.75, 3.05) is 53.9 Å². The highest BCUT2D eigenvalue weighted by Gasteiger charge is 1.99. The van der Waals surface area contributed by atoms with E-state index < -0.39 is 0 Å². The summed E-state index contributed by atoms with van der Waals surface area (Å²) in [6, 6.07) is 4.35. The van der Waals surface area contributed by atoms with Crippen molar-refractivity contribution >= 4 is 11.3 Å². The fraction of sp³-hybridized carbons (Fsp3) is 0.714. The van der Waals surface area contributed by atoms with E-state index in [1.54, 1.807) is 0 Å². The SMILES string of the molecule is CN(C)CCCNCCN(C)CCc1cccs1. The van der Waals surface area contributed by atoms with Crippen molar-refractivity contribution in [2.24, 2.45) is 0 Å². The average molecular weight is 269 g/mol. The fourth-order valence-corrected chi connectivity index (χ4v) is 2.48. The van der Waals surface area contributed by atoms with Crippen LogP contribution in [0.4, 0.5) is 0 Å². The van der Waals surface area contributed by atoms with Gasteiger partial charge < -0.3 is 15.1 Å². The van der Waals surface area contributed by atoms with E-state index in [1.165, 1.54) is 24.3 Å². The van der Waals surface area contributed by atoms with Crippen molar-refractivity contribution in [1.29, 1.82) is 0 Å². The highest BCUT2D eigenvalue weighted by molar-refractivity contribution is 7.09. The van der Waals surface area contributed by atoms with Gasteiger partial charge in [0.15, 0.2) is 0 Å². The van der Waals surface area contributed by atoms with E-state index in [4.69, 9.17) is 0 Å². The van der Waals surface area contributed by atoms with Crippen molar-refractivity contribution in [3.8, 4) is 0 Å². The van der Waals surface area contributed by atoms with Gasteiger partial charge in [-0.1, -0.05) is 6.07 Å². The molecule has 4 heteroatoms. The highest BCUT2D eigenvalue weighted by atomic mass is 32.1. The lowest BCUT2D eigenvalue weighted by Crippen LogP contribution is -2.31. The van der Waals surface area contributed by atoms with Gasteiger partial charge >= 0.3 is 0 Å². The van der Waals surface area contributed by atoms with Gasteiger partial charge in [-0.05, 0) is 58.5 Å². The number of hydrogen-bond donors (Lipinski definition) is 1. The molecule has 1 heterocycles. The molecular weight excluding hydrogens is 242 g/mol. The molecule has 0 bridgehead atoms. The maximum Gasteiger partial charge on any atom is 0.0104 e. The molecule has 104 valence electrons. The summed E-state index contributed by atoms with van der Waals surface area (Å²) in [5, 5.41) is 5.65. The Bertz CT molecular complexity index is 285. The topological polar surface area (TPSA) is 18.5 Å². The normalized spacial score (nSPS) is 11.6. The molecule has 1 N–H and O–H groups in total. The molecule has 3 nitrogen and oxygen atoms in total. The lowest BCUT2D eigenvalue weighted by molar-refractivity contribution is 0.332. The van der Waals surface area contributed by atoms with Crippen LogP contribution in [0.25, 0.3) is 0 Å². The van der Waals surface area contributed by atoms with Gasteiger partial charge in [0.05, 0.1) is 0 Å². The average Bonchev–Trinajstić information content (AvgIpc) is 2.83. The zero-order valence-corrected chi connectivity index (χ0v) is 12.8. The molecule has 0 amide bonds. The maximum absolute atomic E-state index is 3.50. The van der Waals surface area contributed by atoms with E-state index >= 15 is 0 Å². The molecule has 0 aliphatic carbocycles. The minimum Gasteiger partial charge on any atom is -0.315 e. The molecule has 1 aromatic heterocycles. The van der Waals surface area contributed by atoms with Gasteiger partial charge in [-0.2, -0.15) is 0 Å². The Morgan fingerprint density at radius 1 is 1.11 bits per heavy atom. The summed E-state index contributed by atoms with van der Waals surface area (Å²) in [5.41, 5.74) is 0. The molecule has 0 saturated carbocycles. The van der Waals surface area contributed by atoms with Gasteiger partial charge in [0, 0.05) is 24.5 Å². The van der Waals surface area contributed by atoms with E-state index in [0.717, 1.165) is 26.2 Å². The molecule has 18 heavy (non-hydrogen) atoms. The van der Waals surface area contributed by atoms with Gasteiger partial charge in [-0.15, -0.1) is 11.3 Å².